The van der Waals surface area contributed by atoms with Gasteiger partial charge in [0.2, 0.25) is 5.91 Å². The lowest BCUT2D eigenvalue weighted by Crippen LogP contribution is -2.47. The monoisotopic (exact) mass is 480 g/mol. The molecule has 0 aromatic heterocycles. The highest BCUT2D eigenvalue weighted by atomic mass is 16.5. The molecule has 2 amide bonds. The van der Waals surface area contributed by atoms with Gasteiger partial charge in [-0.2, -0.15) is 0 Å². The van der Waals surface area contributed by atoms with Crippen molar-refractivity contribution in [1.82, 2.24) is 10.6 Å². The number of nitrogens with one attached hydrogen (secondary N) is 2. The number of ether oxygens (including phenoxy) is 1. The first-order valence-corrected chi connectivity index (χ1v) is 12.3. The fourth-order valence-electron chi connectivity index (χ4n) is 4.36. The fraction of sp³-hybridized carbons (Fsp3) is 0.464. The normalized spacial score (nSPS) is 13.5. The molecule has 1 atom stereocenters. The molecule has 0 saturated heterocycles. The summed E-state index contributed by atoms with van der Waals surface area (Å²) in [6.07, 6.45) is 1.73. The van der Waals surface area contributed by atoms with Gasteiger partial charge in [0.25, 0.3) is 0 Å². The molecule has 0 bridgehead atoms. The number of amides is 2. The van der Waals surface area contributed by atoms with Gasteiger partial charge in [-0.3, -0.25) is 9.59 Å². The van der Waals surface area contributed by atoms with Crippen LogP contribution in [-0.2, 0) is 14.3 Å². The van der Waals surface area contributed by atoms with Gasteiger partial charge >= 0.3 is 12.1 Å². The molecule has 2 aromatic carbocycles. The minimum Gasteiger partial charge on any atom is -0.481 e. The second-order valence-corrected chi connectivity index (χ2v) is 10.3. The van der Waals surface area contributed by atoms with Gasteiger partial charge in [0.1, 0.15) is 12.6 Å². The molecular weight excluding hydrogens is 444 g/mol. The lowest BCUT2D eigenvalue weighted by molar-refractivity contribution is -0.137. The van der Waals surface area contributed by atoms with Gasteiger partial charge in [0.15, 0.2) is 0 Å². The number of aliphatic carboxylic acids is 1. The van der Waals surface area contributed by atoms with Crippen LogP contribution in [0.4, 0.5) is 4.79 Å². The van der Waals surface area contributed by atoms with Gasteiger partial charge in [-0.05, 0) is 53.4 Å². The molecule has 0 heterocycles. The topological polar surface area (TPSA) is 105 Å². The molecule has 2 aromatic rings. The lowest BCUT2D eigenvalue weighted by Gasteiger charge is -2.24. The van der Waals surface area contributed by atoms with Gasteiger partial charge in [-0.15, -0.1) is 0 Å². The molecular formula is C28H36N2O5. The van der Waals surface area contributed by atoms with Crippen LogP contribution in [0, 0.1) is 5.41 Å². The third-order valence-corrected chi connectivity index (χ3v) is 6.25. The molecule has 0 saturated carbocycles. The molecule has 3 rings (SSSR count). The number of unbranched alkanes of at least 4 members (excludes halogenated alkanes) is 1. The summed E-state index contributed by atoms with van der Waals surface area (Å²) in [6.45, 7) is 6.80. The summed E-state index contributed by atoms with van der Waals surface area (Å²) in [5.41, 5.74) is 4.57. The summed E-state index contributed by atoms with van der Waals surface area (Å²) < 4.78 is 5.63. The Bertz CT molecular complexity index is 998. The number of hydrogen-bond acceptors (Lipinski definition) is 4. The first-order chi connectivity index (χ1) is 16.7. The Labute approximate surface area is 207 Å². The van der Waals surface area contributed by atoms with Crippen LogP contribution in [0.25, 0.3) is 11.1 Å². The highest BCUT2D eigenvalue weighted by molar-refractivity contribution is 5.85. The smallest absolute Gasteiger partial charge is 0.407 e. The van der Waals surface area contributed by atoms with Crippen molar-refractivity contribution in [2.75, 3.05) is 13.2 Å². The number of carboxylic acid groups (broad SMARTS) is 1. The molecule has 1 unspecified atom stereocenters. The average Bonchev–Trinajstić information content (AvgIpc) is 3.13. The minimum absolute atomic E-state index is 0.00285. The second-order valence-electron chi connectivity index (χ2n) is 10.3. The van der Waals surface area contributed by atoms with E-state index in [1.54, 1.807) is 0 Å². The zero-order valence-electron chi connectivity index (χ0n) is 20.8. The number of carboxylic acids is 1. The van der Waals surface area contributed by atoms with E-state index in [1.165, 1.54) is 0 Å². The molecule has 35 heavy (non-hydrogen) atoms. The third-order valence-electron chi connectivity index (χ3n) is 6.25. The molecule has 188 valence electrons. The summed E-state index contributed by atoms with van der Waals surface area (Å²) in [7, 11) is 0. The number of alkyl carbamates (subject to hydrolysis) is 1. The lowest BCUT2D eigenvalue weighted by atomic mass is 9.88. The second kappa shape index (κ2) is 11.9. The van der Waals surface area contributed by atoms with Crippen LogP contribution in [0.15, 0.2) is 48.5 Å². The van der Waals surface area contributed by atoms with Crippen molar-refractivity contribution >= 4 is 18.0 Å². The van der Waals surface area contributed by atoms with Crippen LogP contribution >= 0.6 is 0 Å². The largest absolute Gasteiger partial charge is 0.481 e. The fourth-order valence-corrected chi connectivity index (χ4v) is 4.36. The van der Waals surface area contributed by atoms with Crippen molar-refractivity contribution in [2.45, 2.75) is 64.8 Å². The van der Waals surface area contributed by atoms with Crippen LogP contribution in [0.5, 0.6) is 0 Å². The highest BCUT2D eigenvalue weighted by Gasteiger charge is 2.30. The van der Waals surface area contributed by atoms with E-state index in [-0.39, 0.29) is 30.3 Å². The van der Waals surface area contributed by atoms with E-state index in [4.69, 9.17) is 9.84 Å². The number of benzene rings is 2. The SMILES string of the molecule is CC(C)(C)CCC(NC(=O)OCC1c2ccccc2-c2ccccc21)C(=O)NCCCCC(=O)O. The maximum absolute atomic E-state index is 12.8. The van der Waals surface area contributed by atoms with Gasteiger partial charge in [0, 0.05) is 18.9 Å². The van der Waals surface area contributed by atoms with Crippen LogP contribution in [0.2, 0.25) is 0 Å². The summed E-state index contributed by atoms with van der Waals surface area (Å²) >= 11 is 0. The van der Waals surface area contributed by atoms with Gasteiger partial charge < -0.3 is 20.5 Å². The van der Waals surface area contributed by atoms with Crippen molar-refractivity contribution in [3.63, 3.8) is 0 Å². The standard InChI is InChI=1S/C28H36N2O5/c1-28(2,3)16-15-24(26(33)29-17-9-8-14-25(31)32)30-27(34)35-18-23-21-12-6-4-10-19(21)20-11-5-7-13-22(20)23/h4-7,10-13,23-24H,8-9,14-18H2,1-3H3,(H,29,33)(H,30,34)(H,31,32). The number of carbonyl (C=O) groups is 3. The van der Waals surface area contributed by atoms with Crippen LogP contribution < -0.4 is 10.6 Å². The molecule has 0 aliphatic heterocycles. The van der Waals surface area contributed by atoms with Crippen molar-refractivity contribution in [3.8, 4) is 11.1 Å². The van der Waals surface area contributed by atoms with Crippen LogP contribution in [0.3, 0.4) is 0 Å². The first kappa shape index (κ1) is 26.3. The van der Waals surface area contributed by atoms with Crippen LogP contribution in [0.1, 0.15) is 69.9 Å². The molecule has 3 N–H and O–H groups in total. The van der Waals surface area contributed by atoms with Crippen molar-refractivity contribution in [2.24, 2.45) is 5.41 Å². The van der Waals surface area contributed by atoms with E-state index in [9.17, 15) is 14.4 Å². The van der Waals surface area contributed by atoms with Gasteiger partial charge in [0.05, 0.1) is 0 Å². The molecule has 0 spiro atoms. The predicted molar refractivity (Wildman–Crippen MR) is 135 cm³/mol. The van der Waals surface area contributed by atoms with E-state index < -0.39 is 18.1 Å². The summed E-state index contributed by atoms with van der Waals surface area (Å²) in [5, 5.41) is 14.3. The Morgan fingerprint density at radius 1 is 0.971 bits per heavy atom. The summed E-state index contributed by atoms with van der Waals surface area (Å²) in [6, 6.07) is 15.6. The number of hydrogen-bond donors (Lipinski definition) is 3. The maximum Gasteiger partial charge on any atom is 0.407 e. The van der Waals surface area contributed by atoms with Crippen molar-refractivity contribution in [3.05, 3.63) is 59.7 Å². The van der Waals surface area contributed by atoms with Gasteiger partial charge in [-0.1, -0.05) is 69.3 Å². The first-order valence-electron chi connectivity index (χ1n) is 12.3. The Hall–Kier alpha value is -3.35. The Balaban J connectivity index is 1.59. The summed E-state index contributed by atoms with van der Waals surface area (Å²) in [4.78, 5) is 36.2. The maximum atomic E-state index is 12.8. The average molecular weight is 481 g/mol. The Morgan fingerprint density at radius 3 is 2.14 bits per heavy atom. The van der Waals surface area contributed by atoms with E-state index in [0.717, 1.165) is 28.7 Å². The summed E-state index contributed by atoms with van der Waals surface area (Å²) in [5.74, 6) is -1.18. The van der Waals surface area contributed by atoms with Gasteiger partial charge in [-0.25, -0.2) is 4.79 Å². The van der Waals surface area contributed by atoms with E-state index >= 15 is 0 Å². The predicted octanol–water partition coefficient (Wildman–Crippen LogP) is 5.09. The highest BCUT2D eigenvalue weighted by Crippen LogP contribution is 2.44. The molecule has 1 aliphatic rings. The molecule has 1 aliphatic carbocycles. The van der Waals surface area contributed by atoms with Crippen molar-refractivity contribution in [1.29, 1.82) is 0 Å². The molecule has 7 nitrogen and oxygen atoms in total. The van der Waals surface area contributed by atoms with E-state index in [0.29, 0.717) is 25.8 Å². The zero-order chi connectivity index (χ0) is 25.4. The van der Waals surface area contributed by atoms with E-state index in [2.05, 4.69) is 55.7 Å². The third kappa shape index (κ3) is 7.57. The number of fused-ring (bicyclic) bond motifs is 3. The quantitative estimate of drug-likeness (QED) is 0.389. The minimum atomic E-state index is -0.851. The zero-order valence-corrected chi connectivity index (χ0v) is 20.8. The molecule has 7 heteroatoms. The number of rotatable bonds is 11. The van der Waals surface area contributed by atoms with Crippen molar-refractivity contribution < 1.29 is 24.2 Å². The Morgan fingerprint density at radius 2 is 1.57 bits per heavy atom. The molecule has 0 radical (unpaired) electrons. The van der Waals surface area contributed by atoms with E-state index in [1.807, 2.05) is 24.3 Å². The molecule has 0 fully saturated rings. The van der Waals surface area contributed by atoms with Crippen LogP contribution in [-0.4, -0.2) is 42.3 Å². The Kier molecular flexibility index (Phi) is 8.90. The number of carbonyl (C=O) groups excluding carboxylic acids is 2.